The van der Waals surface area contributed by atoms with E-state index >= 15 is 0 Å². The van der Waals surface area contributed by atoms with Crippen LogP contribution in [0.2, 0.25) is 0 Å². The smallest absolute Gasteiger partial charge is 0.321 e. The molecular weight excluding hydrogens is 342 g/mol. The molecule has 1 N–H and O–H groups in total. The fourth-order valence-corrected chi connectivity index (χ4v) is 3.89. The molecule has 1 aromatic carbocycles. The average molecular weight is 367 g/mol. The number of carbonyl (C=O) groups is 2. The maximum absolute atomic E-state index is 12.6. The van der Waals surface area contributed by atoms with Gasteiger partial charge in [-0.25, -0.2) is 9.78 Å². The van der Waals surface area contributed by atoms with E-state index in [0.717, 1.165) is 56.8 Å². The molecule has 7 nitrogen and oxygen atoms in total. The zero-order chi connectivity index (χ0) is 18.6. The van der Waals surface area contributed by atoms with Gasteiger partial charge in [-0.2, -0.15) is 0 Å². The van der Waals surface area contributed by atoms with Crippen LogP contribution < -0.4 is 10.2 Å². The Morgan fingerprint density at radius 2 is 2.07 bits per heavy atom. The monoisotopic (exact) mass is 367 g/mol. The Bertz CT molecular complexity index is 796. The second-order valence-corrected chi connectivity index (χ2v) is 7.32. The normalized spacial score (nSPS) is 18.1. The Kier molecular flexibility index (Phi) is 5.09. The molecule has 7 heteroatoms. The van der Waals surface area contributed by atoms with Gasteiger partial charge in [0.1, 0.15) is 0 Å². The lowest BCUT2D eigenvalue weighted by atomic mass is 9.97. The van der Waals surface area contributed by atoms with Gasteiger partial charge in [-0.1, -0.05) is 6.07 Å². The van der Waals surface area contributed by atoms with Gasteiger partial charge in [0.2, 0.25) is 5.91 Å². The number of hydrogen-bond acceptors (Lipinski definition) is 3. The molecule has 0 bridgehead atoms. The Hall–Kier alpha value is -2.83. The quantitative estimate of drug-likeness (QED) is 0.903. The summed E-state index contributed by atoms with van der Waals surface area (Å²) < 4.78 is 2.10. The summed E-state index contributed by atoms with van der Waals surface area (Å²) in [6, 6.07) is 7.48. The third-order valence-electron chi connectivity index (χ3n) is 5.41. The van der Waals surface area contributed by atoms with Crippen LogP contribution in [-0.2, 0) is 11.3 Å². The Balaban J connectivity index is 1.31. The lowest BCUT2D eigenvalue weighted by Gasteiger charge is -2.32. The lowest BCUT2D eigenvalue weighted by molar-refractivity contribution is -0.117. The van der Waals surface area contributed by atoms with E-state index in [-0.39, 0.29) is 11.9 Å². The number of urea groups is 1. The average Bonchev–Trinajstić information content (AvgIpc) is 3.34. The predicted octanol–water partition coefficient (Wildman–Crippen LogP) is 2.95. The van der Waals surface area contributed by atoms with E-state index in [1.807, 2.05) is 41.7 Å². The van der Waals surface area contributed by atoms with Crippen molar-refractivity contribution < 1.29 is 9.59 Å². The molecule has 0 atom stereocenters. The third kappa shape index (κ3) is 4.13. The number of carbonyl (C=O) groups excluding carboxylic acids is 2. The van der Waals surface area contributed by atoms with Crippen LogP contribution in [0.4, 0.5) is 16.2 Å². The minimum Gasteiger partial charge on any atom is -0.337 e. The number of nitrogens with zero attached hydrogens (tertiary/aromatic N) is 4. The van der Waals surface area contributed by atoms with Crippen molar-refractivity contribution in [3.63, 3.8) is 0 Å². The molecule has 0 saturated carbocycles. The summed E-state index contributed by atoms with van der Waals surface area (Å²) >= 11 is 0. The molecule has 2 aromatic rings. The second kappa shape index (κ2) is 7.82. The number of nitrogens with one attached hydrogen (secondary N) is 1. The second-order valence-electron chi connectivity index (χ2n) is 7.32. The standard InChI is InChI=1S/C20H25N5O2/c26-19-5-2-9-25(19)18-4-1-3-17(13-18)22-20(27)24-10-6-16(7-11-24)14-23-12-8-21-15-23/h1,3-4,8,12-13,15-16H,2,5-7,9-11,14H2,(H,22,27). The van der Waals surface area contributed by atoms with Crippen LogP contribution in [-0.4, -0.2) is 46.0 Å². The van der Waals surface area contributed by atoms with Gasteiger partial charge in [0.15, 0.2) is 0 Å². The highest BCUT2D eigenvalue weighted by Crippen LogP contribution is 2.25. The molecule has 1 aromatic heterocycles. The van der Waals surface area contributed by atoms with Gasteiger partial charge in [0.25, 0.3) is 0 Å². The van der Waals surface area contributed by atoms with Crippen molar-refractivity contribution in [3.8, 4) is 0 Å². The molecule has 0 unspecified atom stereocenters. The van der Waals surface area contributed by atoms with Crippen molar-refractivity contribution in [1.29, 1.82) is 0 Å². The Labute approximate surface area is 159 Å². The van der Waals surface area contributed by atoms with Crippen molar-refractivity contribution in [3.05, 3.63) is 43.0 Å². The fourth-order valence-electron chi connectivity index (χ4n) is 3.89. The van der Waals surface area contributed by atoms with Gasteiger partial charge >= 0.3 is 6.03 Å². The van der Waals surface area contributed by atoms with Gasteiger partial charge in [0, 0.05) is 56.4 Å². The zero-order valence-electron chi connectivity index (χ0n) is 15.4. The van der Waals surface area contributed by atoms with Crippen LogP contribution in [0.5, 0.6) is 0 Å². The number of likely N-dealkylation sites (tertiary alicyclic amines) is 1. The third-order valence-corrected chi connectivity index (χ3v) is 5.41. The summed E-state index contributed by atoms with van der Waals surface area (Å²) in [6.07, 6.45) is 9.11. The summed E-state index contributed by atoms with van der Waals surface area (Å²) in [5.74, 6) is 0.728. The molecule has 27 heavy (non-hydrogen) atoms. The van der Waals surface area contributed by atoms with E-state index in [2.05, 4.69) is 14.9 Å². The molecule has 2 aliphatic heterocycles. The van der Waals surface area contributed by atoms with Crippen LogP contribution in [0.25, 0.3) is 0 Å². The number of hydrogen-bond donors (Lipinski definition) is 1. The molecule has 2 saturated heterocycles. The van der Waals surface area contributed by atoms with Gasteiger partial charge in [0.05, 0.1) is 6.33 Å². The molecule has 142 valence electrons. The van der Waals surface area contributed by atoms with Gasteiger partial charge < -0.3 is 19.7 Å². The van der Waals surface area contributed by atoms with Crippen molar-refractivity contribution in [2.75, 3.05) is 29.9 Å². The summed E-state index contributed by atoms with van der Waals surface area (Å²) in [7, 11) is 0. The van der Waals surface area contributed by atoms with Crippen LogP contribution >= 0.6 is 0 Å². The zero-order valence-corrected chi connectivity index (χ0v) is 15.4. The first kappa shape index (κ1) is 17.6. The minimum absolute atomic E-state index is 0.0685. The van der Waals surface area contributed by atoms with E-state index in [1.54, 1.807) is 11.1 Å². The lowest BCUT2D eigenvalue weighted by Crippen LogP contribution is -2.41. The van der Waals surface area contributed by atoms with Gasteiger partial charge in [-0.3, -0.25) is 4.79 Å². The number of piperidine rings is 1. The SMILES string of the molecule is O=C(Nc1cccc(N2CCCC2=O)c1)N1CCC(Cn2ccnc2)CC1. The van der Waals surface area contributed by atoms with E-state index in [4.69, 9.17) is 0 Å². The molecule has 0 spiro atoms. The fraction of sp³-hybridized carbons (Fsp3) is 0.450. The van der Waals surface area contributed by atoms with Crippen molar-refractivity contribution >= 4 is 23.3 Å². The molecule has 2 fully saturated rings. The topological polar surface area (TPSA) is 70.5 Å². The van der Waals surface area contributed by atoms with Crippen molar-refractivity contribution in [2.24, 2.45) is 5.92 Å². The maximum atomic E-state index is 12.6. The minimum atomic E-state index is -0.0685. The molecule has 2 aliphatic rings. The summed E-state index contributed by atoms with van der Waals surface area (Å²) in [4.78, 5) is 32.3. The van der Waals surface area contributed by atoms with E-state index in [1.165, 1.54) is 0 Å². The summed E-state index contributed by atoms with van der Waals surface area (Å²) in [5.41, 5.74) is 1.59. The Morgan fingerprint density at radius 3 is 2.78 bits per heavy atom. The number of benzene rings is 1. The molecule has 4 rings (SSSR count). The highest BCUT2D eigenvalue weighted by atomic mass is 16.2. The molecular formula is C20H25N5O2. The molecule has 3 amide bonds. The number of anilines is 2. The molecule has 0 radical (unpaired) electrons. The first-order chi connectivity index (χ1) is 13.2. The van der Waals surface area contributed by atoms with Crippen molar-refractivity contribution in [2.45, 2.75) is 32.2 Å². The van der Waals surface area contributed by atoms with E-state index in [0.29, 0.717) is 12.3 Å². The number of aromatic nitrogens is 2. The Morgan fingerprint density at radius 1 is 1.22 bits per heavy atom. The highest BCUT2D eigenvalue weighted by molar-refractivity contribution is 5.96. The van der Waals surface area contributed by atoms with Crippen LogP contribution in [0.15, 0.2) is 43.0 Å². The first-order valence-corrected chi connectivity index (χ1v) is 9.61. The highest BCUT2D eigenvalue weighted by Gasteiger charge is 2.24. The van der Waals surface area contributed by atoms with E-state index < -0.39 is 0 Å². The predicted molar refractivity (Wildman–Crippen MR) is 104 cm³/mol. The van der Waals surface area contributed by atoms with Crippen LogP contribution in [0, 0.1) is 5.92 Å². The number of imidazole rings is 1. The van der Waals surface area contributed by atoms with Crippen molar-refractivity contribution in [1.82, 2.24) is 14.5 Å². The first-order valence-electron chi connectivity index (χ1n) is 9.61. The van der Waals surface area contributed by atoms with Gasteiger partial charge in [-0.05, 0) is 43.4 Å². The van der Waals surface area contributed by atoms with E-state index in [9.17, 15) is 9.59 Å². The molecule has 0 aliphatic carbocycles. The molecule has 3 heterocycles. The largest absolute Gasteiger partial charge is 0.337 e. The van der Waals surface area contributed by atoms with Crippen LogP contribution in [0.3, 0.4) is 0 Å². The van der Waals surface area contributed by atoms with Gasteiger partial charge in [-0.15, -0.1) is 0 Å². The summed E-state index contributed by atoms with van der Waals surface area (Å²) in [5, 5.41) is 2.98. The van der Waals surface area contributed by atoms with Crippen LogP contribution in [0.1, 0.15) is 25.7 Å². The summed E-state index contributed by atoms with van der Waals surface area (Å²) in [6.45, 7) is 3.23. The number of rotatable bonds is 4. The number of amides is 3. The maximum Gasteiger partial charge on any atom is 0.321 e.